The maximum absolute atomic E-state index is 3.78. The Balaban J connectivity index is 3.26. The van der Waals surface area contributed by atoms with Crippen LogP contribution in [0, 0.1) is 0 Å². The number of nitrogens with one attached hydrogen (secondary N) is 1. The lowest BCUT2D eigenvalue weighted by Crippen LogP contribution is -2.39. The third kappa shape index (κ3) is 9.99. The standard InChI is InChI=1S/C14H29N/c1-5-7-8-9-10-11-13-15-14(3,4)12-6-2/h6,15H,2,5,7-13H2,1,3-4H3. The molecule has 90 valence electrons. The Bertz CT molecular complexity index is 149. The summed E-state index contributed by atoms with van der Waals surface area (Å²) >= 11 is 0. The molecule has 15 heavy (non-hydrogen) atoms. The van der Waals surface area contributed by atoms with Crippen molar-refractivity contribution >= 4 is 0 Å². The van der Waals surface area contributed by atoms with Gasteiger partial charge in [-0.15, -0.1) is 6.58 Å². The van der Waals surface area contributed by atoms with Gasteiger partial charge in [0, 0.05) is 5.54 Å². The minimum atomic E-state index is 0.227. The fraction of sp³-hybridized carbons (Fsp3) is 0.857. The molecule has 0 aliphatic carbocycles. The van der Waals surface area contributed by atoms with Crippen molar-refractivity contribution in [2.45, 2.75) is 71.3 Å². The molecule has 0 aromatic rings. The van der Waals surface area contributed by atoms with E-state index in [-0.39, 0.29) is 5.54 Å². The highest BCUT2D eigenvalue weighted by Gasteiger charge is 2.13. The maximum atomic E-state index is 3.78. The Hall–Kier alpha value is -0.300. The summed E-state index contributed by atoms with van der Waals surface area (Å²) in [6.07, 6.45) is 11.3. The molecule has 1 nitrogen and oxygen atoms in total. The highest BCUT2D eigenvalue weighted by atomic mass is 14.9. The van der Waals surface area contributed by atoms with Crippen LogP contribution in [0.15, 0.2) is 12.7 Å². The Kier molecular flexibility index (Phi) is 8.79. The normalized spacial score (nSPS) is 11.7. The van der Waals surface area contributed by atoms with Crippen LogP contribution >= 0.6 is 0 Å². The van der Waals surface area contributed by atoms with Gasteiger partial charge in [0.25, 0.3) is 0 Å². The van der Waals surface area contributed by atoms with Gasteiger partial charge in [-0.2, -0.15) is 0 Å². The van der Waals surface area contributed by atoms with Crippen LogP contribution in [0.2, 0.25) is 0 Å². The summed E-state index contributed by atoms with van der Waals surface area (Å²) in [5.74, 6) is 0. The van der Waals surface area contributed by atoms with Crippen molar-refractivity contribution in [1.82, 2.24) is 5.32 Å². The third-order valence-corrected chi connectivity index (χ3v) is 2.79. The van der Waals surface area contributed by atoms with Crippen molar-refractivity contribution in [2.75, 3.05) is 6.54 Å². The SMILES string of the molecule is C=CCC(C)(C)NCCCCCCCC. The fourth-order valence-corrected chi connectivity index (χ4v) is 1.77. The third-order valence-electron chi connectivity index (χ3n) is 2.79. The van der Waals surface area contributed by atoms with Crippen LogP contribution in [-0.2, 0) is 0 Å². The van der Waals surface area contributed by atoms with Crippen molar-refractivity contribution in [3.8, 4) is 0 Å². The summed E-state index contributed by atoms with van der Waals surface area (Å²) in [6, 6.07) is 0. The topological polar surface area (TPSA) is 12.0 Å². The lowest BCUT2D eigenvalue weighted by Gasteiger charge is -2.24. The molecule has 0 rings (SSSR count). The van der Waals surface area contributed by atoms with E-state index in [1.54, 1.807) is 0 Å². The summed E-state index contributed by atoms with van der Waals surface area (Å²) in [7, 11) is 0. The lowest BCUT2D eigenvalue weighted by atomic mass is 10.0. The van der Waals surface area contributed by atoms with E-state index in [2.05, 4.69) is 32.7 Å². The highest BCUT2D eigenvalue weighted by Crippen LogP contribution is 2.09. The van der Waals surface area contributed by atoms with Crippen LogP contribution < -0.4 is 5.32 Å². The first-order chi connectivity index (χ1) is 7.12. The van der Waals surface area contributed by atoms with Gasteiger partial charge in [-0.25, -0.2) is 0 Å². The summed E-state index contributed by atoms with van der Waals surface area (Å²) < 4.78 is 0. The monoisotopic (exact) mass is 211 g/mol. The van der Waals surface area contributed by atoms with Crippen LogP contribution in [0.1, 0.15) is 65.7 Å². The predicted molar refractivity (Wildman–Crippen MR) is 70.3 cm³/mol. The second-order valence-corrected chi connectivity index (χ2v) is 5.07. The van der Waals surface area contributed by atoms with Gasteiger partial charge in [0.2, 0.25) is 0 Å². The molecule has 0 aromatic heterocycles. The van der Waals surface area contributed by atoms with Gasteiger partial charge in [-0.3, -0.25) is 0 Å². The molecule has 0 unspecified atom stereocenters. The molecular weight excluding hydrogens is 182 g/mol. The fourth-order valence-electron chi connectivity index (χ4n) is 1.77. The van der Waals surface area contributed by atoms with Gasteiger partial charge in [0.1, 0.15) is 0 Å². The van der Waals surface area contributed by atoms with E-state index in [1.165, 1.54) is 38.5 Å². The van der Waals surface area contributed by atoms with Gasteiger partial charge >= 0.3 is 0 Å². The zero-order valence-electron chi connectivity index (χ0n) is 10.9. The van der Waals surface area contributed by atoms with Gasteiger partial charge in [-0.05, 0) is 33.2 Å². The Morgan fingerprint density at radius 1 is 1.07 bits per heavy atom. The number of hydrogen-bond donors (Lipinski definition) is 1. The molecule has 0 aromatic carbocycles. The first-order valence-corrected chi connectivity index (χ1v) is 6.48. The van der Waals surface area contributed by atoms with E-state index in [0.29, 0.717) is 0 Å². The summed E-state index contributed by atoms with van der Waals surface area (Å²) in [6.45, 7) is 11.7. The molecule has 0 fully saturated rings. The Morgan fingerprint density at radius 2 is 1.67 bits per heavy atom. The second-order valence-electron chi connectivity index (χ2n) is 5.07. The Labute approximate surface area is 96.3 Å². The maximum Gasteiger partial charge on any atom is 0.0159 e. The second kappa shape index (κ2) is 8.96. The molecule has 0 saturated carbocycles. The van der Waals surface area contributed by atoms with Crippen LogP contribution in [0.5, 0.6) is 0 Å². The molecule has 0 saturated heterocycles. The van der Waals surface area contributed by atoms with Crippen molar-refractivity contribution in [3.63, 3.8) is 0 Å². The van der Waals surface area contributed by atoms with Crippen LogP contribution in [0.3, 0.4) is 0 Å². The van der Waals surface area contributed by atoms with E-state index >= 15 is 0 Å². The Morgan fingerprint density at radius 3 is 2.27 bits per heavy atom. The van der Waals surface area contributed by atoms with Crippen LogP contribution in [0.4, 0.5) is 0 Å². The lowest BCUT2D eigenvalue weighted by molar-refractivity contribution is 0.385. The quantitative estimate of drug-likeness (QED) is 0.420. The molecule has 0 heterocycles. The zero-order valence-corrected chi connectivity index (χ0v) is 10.9. The average Bonchev–Trinajstić information content (AvgIpc) is 2.16. The van der Waals surface area contributed by atoms with Crippen molar-refractivity contribution < 1.29 is 0 Å². The average molecular weight is 211 g/mol. The van der Waals surface area contributed by atoms with Gasteiger partial charge < -0.3 is 5.32 Å². The van der Waals surface area contributed by atoms with E-state index in [1.807, 2.05) is 6.08 Å². The van der Waals surface area contributed by atoms with Gasteiger partial charge in [0.05, 0.1) is 0 Å². The highest BCUT2D eigenvalue weighted by molar-refractivity contribution is 4.85. The molecule has 1 N–H and O–H groups in total. The zero-order chi connectivity index (χ0) is 11.6. The molecule has 0 atom stereocenters. The molecule has 0 amide bonds. The van der Waals surface area contributed by atoms with Crippen LogP contribution in [-0.4, -0.2) is 12.1 Å². The molecule has 0 radical (unpaired) electrons. The van der Waals surface area contributed by atoms with E-state index in [4.69, 9.17) is 0 Å². The van der Waals surface area contributed by atoms with Crippen molar-refractivity contribution in [2.24, 2.45) is 0 Å². The number of unbranched alkanes of at least 4 members (excludes halogenated alkanes) is 5. The predicted octanol–water partition coefficient (Wildman–Crippen LogP) is 4.29. The molecule has 0 aliphatic heterocycles. The molecule has 0 aliphatic rings. The summed E-state index contributed by atoms with van der Waals surface area (Å²) in [5.41, 5.74) is 0.227. The minimum absolute atomic E-state index is 0.227. The molecule has 0 spiro atoms. The molecule has 1 heteroatoms. The number of rotatable bonds is 10. The summed E-state index contributed by atoms with van der Waals surface area (Å²) in [5, 5.41) is 3.58. The first-order valence-electron chi connectivity index (χ1n) is 6.48. The smallest absolute Gasteiger partial charge is 0.0159 e. The molecular formula is C14H29N. The summed E-state index contributed by atoms with van der Waals surface area (Å²) in [4.78, 5) is 0. The van der Waals surface area contributed by atoms with Gasteiger partial charge in [0.15, 0.2) is 0 Å². The largest absolute Gasteiger partial charge is 0.311 e. The molecule has 0 bridgehead atoms. The van der Waals surface area contributed by atoms with Crippen LogP contribution in [0.25, 0.3) is 0 Å². The van der Waals surface area contributed by atoms with Crippen molar-refractivity contribution in [1.29, 1.82) is 0 Å². The number of hydrogen-bond acceptors (Lipinski definition) is 1. The minimum Gasteiger partial charge on any atom is -0.311 e. The van der Waals surface area contributed by atoms with Gasteiger partial charge in [-0.1, -0.05) is 45.1 Å². The first kappa shape index (κ1) is 14.7. The van der Waals surface area contributed by atoms with Crippen molar-refractivity contribution in [3.05, 3.63) is 12.7 Å². The van der Waals surface area contributed by atoms with E-state index in [9.17, 15) is 0 Å². The van der Waals surface area contributed by atoms with E-state index in [0.717, 1.165) is 13.0 Å². The van der Waals surface area contributed by atoms with E-state index < -0.39 is 0 Å².